The minimum atomic E-state index is -0.577. The number of methoxy groups -OCH3 is 1. The first-order chi connectivity index (χ1) is 8.24. The minimum absolute atomic E-state index is 0.185. The molecule has 0 atom stereocenters. The van der Waals surface area contributed by atoms with Gasteiger partial charge in [-0.1, -0.05) is 0 Å². The van der Waals surface area contributed by atoms with E-state index in [2.05, 4.69) is 4.74 Å². The topological polar surface area (TPSA) is 78.6 Å². The van der Waals surface area contributed by atoms with Crippen molar-refractivity contribution in [3.05, 3.63) is 29.3 Å². The minimum Gasteiger partial charge on any atom is -0.465 e. The van der Waals surface area contributed by atoms with E-state index in [1.165, 1.54) is 25.3 Å². The zero-order valence-electron chi connectivity index (χ0n) is 10.9. The standard InChI is InChI=1S/C13H17NO4/c1-13(2,3)18-11(15)8-5-6-9(10(14)7-8)12(16)17-4/h5-7H,14H2,1-4H3. The highest BCUT2D eigenvalue weighted by molar-refractivity contribution is 5.98. The van der Waals surface area contributed by atoms with Crippen LogP contribution in [0.15, 0.2) is 18.2 Å². The highest BCUT2D eigenvalue weighted by atomic mass is 16.6. The molecule has 0 saturated carbocycles. The molecule has 0 aliphatic carbocycles. The van der Waals surface area contributed by atoms with Crippen LogP contribution in [0.1, 0.15) is 41.5 Å². The van der Waals surface area contributed by atoms with Crippen LogP contribution in [-0.2, 0) is 9.47 Å². The summed E-state index contributed by atoms with van der Waals surface area (Å²) in [4.78, 5) is 23.1. The van der Waals surface area contributed by atoms with E-state index in [1.54, 1.807) is 20.8 Å². The van der Waals surface area contributed by atoms with E-state index in [0.29, 0.717) is 5.56 Å². The van der Waals surface area contributed by atoms with E-state index < -0.39 is 17.5 Å². The smallest absolute Gasteiger partial charge is 0.339 e. The predicted molar refractivity (Wildman–Crippen MR) is 67.4 cm³/mol. The summed E-state index contributed by atoms with van der Waals surface area (Å²) in [5.74, 6) is -1.02. The second-order valence-corrected chi connectivity index (χ2v) is 4.80. The second kappa shape index (κ2) is 5.08. The van der Waals surface area contributed by atoms with Gasteiger partial charge in [0.05, 0.1) is 18.2 Å². The van der Waals surface area contributed by atoms with Crippen molar-refractivity contribution >= 4 is 17.6 Å². The molecule has 0 amide bonds. The molecule has 0 aliphatic rings. The van der Waals surface area contributed by atoms with Crippen molar-refractivity contribution in [2.24, 2.45) is 0 Å². The van der Waals surface area contributed by atoms with Gasteiger partial charge in [0.1, 0.15) is 5.60 Å². The molecule has 98 valence electrons. The van der Waals surface area contributed by atoms with Crippen LogP contribution in [0.4, 0.5) is 5.69 Å². The van der Waals surface area contributed by atoms with Gasteiger partial charge in [-0.2, -0.15) is 0 Å². The quantitative estimate of drug-likeness (QED) is 0.642. The predicted octanol–water partition coefficient (Wildman–Crippen LogP) is 2.01. The van der Waals surface area contributed by atoms with Crippen LogP contribution in [0, 0.1) is 0 Å². The number of carbonyl (C=O) groups is 2. The lowest BCUT2D eigenvalue weighted by molar-refractivity contribution is 0.00692. The third-order valence-corrected chi connectivity index (χ3v) is 2.09. The Labute approximate surface area is 106 Å². The Morgan fingerprint density at radius 1 is 1.17 bits per heavy atom. The van der Waals surface area contributed by atoms with E-state index >= 15 is 0 Å². The lowest BCUT2D eigenvalue weighted by Crippen LogP contribution is -2.24. The number of esters is 2. The molecule has 0 radical (unpaired) electrons. The van der Waals surface area contributed by atoms with Crippen LogP contribution in [0.25, 0.3) is 0 Å². The molecule has 18 heavy (non-hydrogen) atoms. The lowest BCUT2D eigenvalue weighted by Gasteiger charge is -2.19. The Hall–Kier alpha value is -2.04. The lowest BCUT2D eigenvalue weighted by atomic mass is 10.1. The molecule has 1 rings (SSSR count). The summed E-state index contributed by atoms with van der Waals surface area (Å²) in [6, 6.07) is 4.33. The average Bonchev–Trinajstić information content (AvgIpc) is 2.25. The number of nitrogen functional groups attached to an aromatic ring is 1. The first kappa shape index (κ1) is 14.0. The fraction of sp³-hybridized carbons (Fsp3) is 0.385. The second-order valence-electron chi connectivity index (χ2n) is 4.80. The van der Waals surface area contributed by atoms with Gasteiger partial charge < -0.3 is 15.2 Å². The zero-order valence-corrected chi connectivity index (χ0v) is 10.9. The molecular weight excluding hydrogens is 234 g/mol. The maximum atomic E-state index is 11.8. The van der Waals surface area contributed by atoms with Crippen LogP contribution in [-0.4, -0.2) is 24.6 Å². The molecule has 2 N–H and O–H groups in total. The van der Waals surface area contributed by atoms with Crippen molar-refractivity contribution in [3.8, 4) is 0 Å². The first-order valence-corrected chi connectivity index (χ1v) is 5.46. The van der Waals surface area contributed by atoms with Crippen molar-refractivity contribution in [1.82, 2.24) is 0 Å². The molecule has 0 unspecified atom stereocenters. The van der Waals surface area contributed by atoms with Gasteiger partial charge in [-0.3, -0.25) is 0 Å². The van der Waals surface area contributed by atoms with Crippen LogP contribution in [0.2, 0.25) is 0 Å². The van der Waals surface area contributed by atoms with Crippen LogP contribution in [0.5, 0.6) is 0 Å². The van der Waals surface area contributed by atoms with E-state index in [0.717, 1.165) is 0 Å². The van der Waals surface area contributed by atoms with Gasteiger partial charge in [0.25, 0.3) is 0 Å². The van der Waals surface area contributed by atoms with Gasteiger partial charge in [0.2, 0.25) is 0 Å². The largest absolute Gasteiger partial charge is 0.465 e. The fourth-order valence-corrected chi connectivity index (χ4v) is 1.32. The molecule has 1 aromatic rings. The van der Waals surface area contributed by atoms with E-state index in [4.69, 9.17) is 10.5 Å². The van der Waals surface area contributed by atoms with Gasteiger partial charge in [0, 0.05) is 5.69 Å². The van der Waals surface area contributed by atoms with E-state index in [9.17, 15) is 9.59 Å². The molecule has 0 aliphatic heterocycles. The Morgan fingerprint density at radius 2 is 1.78 bits per heavy atom. The normalized spacial score (nSPS) is 10.9. The van der Waals surface area contributed by atoms with Crippen molar-refractivity contribution in [2.75, 3.05) is 12.8 Å². The summed E-state index contributed by atoms with van der Waals surface area (Å²) < 4.78 is 9.76. The number of benzene rings is 1. The Balaban J connectivity index is 2.98. The summed E-state index contributed by atoms with van der Waals surface area (Å²) in [5, 5.41) is 0. The molecule has 0 spiro atoms. The van der Waals surface area contributed by atoms with Crippen molar-refractivity contribution in [3.63, 3.8) is 0 Å². The molecule has 0 bridgehead atoms. The number of hydrogen-bond acceptors (Lipinski definition) is 5. The number of rotatable bonds is 2. The molecule has 5 nitrogen and oxygen atoms in total. The summed E-state index contributed by atoms with van der Waals surface area (Å²) in [7, 11) is 1.27. The summed E-state index contributed by atoms with van der Waals surface area (Å²) >= 11 is 0. The van der Waals surface area contributed by atoms with Crippen LogP contribution < -0.4 is 5.73 Å². The van der Waals surface area contributed by atoms with Gasteiger partial charge in [0.15, 0.2) is 0 Å². The van der Waals surface area contributed by atoms with E-state index in [1.807, 2.05) is 0 Å². The van der Waals surface area contributed by atoms with Gasteiger partial charge >= 0.3 is 11.9 Å². The third kappa shape index (κ3) is 3.48. The summed E-state index contributed by atoms with van der Waals surface area (Å²) in [6.45, 7) is 5.32. The molecule has 0 aromatic heterocycles. The summed E-state index contributed by atoms with van der Waals surface area (Å²) in [6.07, 6.45) is 0. The number of ether oxygens (including phenoxy) is 2. The monoisotopic (exact) mass is 251 g/mol. The number of carbonyl (C=O) groups excluding carboxylic acids is 2. The average molecular weight is 251 g/mol. The van der Waals surface area contributed by atoms with Crippen LogP contribution in [0.3, 0.4) is 0 Å². The Kier molecular flexibility index (Phi) is 3.96. The first-order valence-electron chi connectivity index (χ1n) is 5.46. The molecule has 1 aromatic carbocycles. The van der Waals surface area contributed by atoms with Gasteiger partial charge in [-0.25, -0.2) is 9.59 Å². The van der Waals surface area contributed by atoms with Crippen molar-refractivity contribution in [1.29, 1.82) is 0 Å². The molecule has 5 heteroatoms. The SMILES string of the molecule is COC(=O)c1ccc(C(=O)OC(C)(C)C)cc1N. The molecule has 0 saturated heterocycles. The molecule has 0 fully saturated rings. The Morgan fingerprint density at radius 3 is 2.22 bits per heavy atom. The Bertz CT molecular complexity index is 474. The number of hydrogen-bond donors (Lipinski definition) is 1. The molecule has 0 heterocycles. The maximum Gasteiger partial charge on any atom is 0.339 e. The highest BCUT2D eigenvalue weighted by Gasteiger charge is 2.19. The molecular formula is C13H17NO4. The van der Waals surface area contributed by atoms with Gasteiger partial charge in [-0.05, 0) is 39.0 Å². The third-order valence-electron chi connectivity index (χ3n) is 2.09. The van der Waals surface area contributed by atoms with Gasteiger partial charge in [-0.15, -0.1) is 0 Å². The van der Waals surface area contributed by atoms with Crippen molar-refractivity contribution in [2.45, 2.75) is 26.4 Å². The fourth-order valence-electron chi connectivity index (χ4n) is 1.32. The van der Waals surface area contributed by atoms with Crippen LogP contribution >= 0.6 is 0 Å². The maximum absolute atomic E-state index is 11.8. The van der Waals surface area contributed by atoms with Crippen molar-refractivity contribution < 1.29 is 19.1 Å². The zero-order chi connectivity index (χ0) is 13.9. The highest BCUT2D eigenvalue weighted by Crippen LogP contribution is 2.18. The van der Waals surface area contributed by atoms with E-state index in [-0.39, 0.29) is 11.3 Å². The number of nitrogens with two attached hydrogens (primary N) is 1. The summed E-state index contributed by atoms with van der Waals surface area (Å²) in [5.41, 5.74) is 5.83. The number of anilines is 1.